The lowest BCUT2D eigenvalue weighted by molar-refractivity contribution is 0.203. The van der Waals surface area contributed by atoms with Gasteiger partial charge in [0.05, 0.1) is 6.61 Å². The van der Waals surface area contributed by atoms with Crippen molar-refractivity contribution in [1.29, 1.82) is 0 Å². The van der Waals surface area contributed by atoms with Gasteiger partial charge >= 0.3 is 0 Å². The van der Waals surface area contributed by atoms with E-state index in [-0.39, 0.29) is 24.0 Å². The van der Waals surface area contributed by atoms with E-state index in [1.54, 1.807) is 14.2 Å². The predicted octanol–water partition coefficient (Wildman–Crippen LogP) is 2.18. The summed E-state index contributed by atoms with van der Waals surface area (Å²) in [4.78, 5) is 4.17. The van der Waals surface area contributed by atoms with Crippen molar-refractivity contribution in [3.63, 3.8) is 0 Å². The second-order valence-electron chi connectivity index (χ2n) is 3.97. The van der Waals surface area contributed by atoms with Gasteiger partial charge in [-0.2, -0.15) is 0 Å². The summed E-state index contributed by atoms with van der Waals surface area (Å²) in [5, 5.41) is 6.49. The first kappa shape index (κ1) is 18.2. The van der Waals surface area contributed by atoms with E-state index in [0.29, 0.717) is 6.61 Å². The van der Waals surface area contributed by atoms with Crippen LogP contribution in [0.5, 0.6) is 0 Å². The highest BCUT2D eigenvalue weighted by Gasteiger charge is 2.01. The number of halogens is 1. The number of rotatable bonds is 6. The van der Waals surface area contributed by atoms with Crippen LogP contribution in [0.25, 0.3) is 0 Å². The van der Waals surface area contributed by atoms with Crippen molar-refractivity contribution in [3.8, 4) is 0 Å². The molecule has 1 rings (SSSR count). The molecule has 0 saturated carbocycles. The second-order valence-corrected chi connectivity index (χ2v) is 3.97. The molecule has 0 saturated heterocycles. The zero-order valence-corrected chi connectivity index (χ0v) is 14.2. The molecule has 0 radical (unpaired) electrons. The maximum absolute atomic E-state index is 4.99. The molecule has 0 aromatic heterocycles. The number of nitrogens with one attached hydrogen (secondary N) is 2. The van der Waals surface area contributed by atoms with Crippen LogP contribution >= 0.6 is 24.0 Å². The van der Waals surface area contributed by atoms with Gasteiger partial charge in [0.2, 0.25) is 0 Å². The number of hydrogen-bond donors (Lipinski definition) is 2. The van der Waals surface area contributed by atoms with Gasteiger partial charge in [0.25, 0.3) is 0 Å². The van der Waals surface area contributed by atoms with Crippen LogP contribution in [0, 0.1) is 0 Å². The normalized spacial score (nSPS) is 10.8. The van der Waals surface area contributed by atoms with Crippen LogP contribution in [-0.2, 0) is 17.7 Å². The first-order valence-electron chi connectivity index (χ1n) is 6.32. The summed E-state index contributed by atoms with van der Waals surface area (Å²) in [6.07, 6.45) is 1.05. The molecule has 1 aromatic carbocycles. The molecule has 0 atom stereocenters. The quantitative estimate of drug-likeness (QED) is 0.346. The molecule has 0 fully saturated rings. The zero-order chi connectivity index (χ0) is 13.2. The Morgan fingerprint density at radius 2 is 1.89 bits per heavy atom. The molecule has 0 heterocycles. The zero-order valence-electron chi connectivity index (χ0n) is 11.9. The summed E-state index contributed by atoms with van der Waals surface area (Å²) in [6, 6.07) is 8.46. The Morgan fingerprint density at radius 1 is 1.21 bits per heavy atom. The Labute approximate surface area is 133 Å². The van der Waals surface area contributed by atoms with Crippen LogP contribution in [0.4, 0.5) is 0 Å². The van der Waals surface area contributed by atoms with Gasteiger partial charge in [0.15, 0.2) is 5.96 Å². The molecule has 19 heavy (non-hydrogen) atoms. The molecule has 1 aromatic rings. The number of benzene rings is 1. The lowest BCUT2D eigenvalue weighted by atomic mass is 10.1. The van der Waals surface area contributed by atoms with E-state index in [1.807, 2.05) is 0 Å². The average molecular weight is 377 g/mol. The Kier molecular flexibility index (Phi) is 10.6. The third kappa shape index (κ3) is 6.77. The minimum absolute atomic E-state index is 0. The van der Waals surface area contributed by atoms with Crippen molar-refractivity contribution in [1.82, 2.24) is 10.6 Å². The van der Waals surface area contributed by atoms with Crippen LogP contribution < -0.4 is 10.6 Å². The Balaban J connectivity index is 0.00000324. The van der Waals surface area contributed by atoms with E-state index in [2.05, 4.69) is 46.8 Å². The highest BCUT2D eigenvalue weighted by Crippen LogP contribution is 2.08. The van der Waals surface area contributed by atoms with Gasteiger partial charge in [-0.1, -0.05) is 31.2 Å². The Hall–Kier alpha value is -0.820. The summed E-state index contributed by atoms with van der Waals surface area (Å²) >= 11 is 0. The average Bonchev–Trinajstić information content (AvgIpc) is 2.43. The number of aryl methyl sites for hydroxylation is 1. The molecule has 0 spiro atoms. The Bertz CT molecular complexity index is 383. The lowest BCUT2D eigenvalue weighted by Crippen LogP contribution is -2.38. The van der Waals surface area contributed by atoms with Crippen LogP contribution in [0.3, 0.4) is 0 Å². The van der Waals surface area contributed by atoms with E-state index in [0.717, 1.165) is 25.5 Å². The van der Waals surface area contributed by atoms with Gasteiger partial charge in [-0.05, 0) is 17.5 Å². The molecule has 108 valence electrons. The minimum Gasteiger partial charge on any atom is -0.383 e. The number of nitrogens with zero attached hydrogens (tertiary/aromatic N) is 1. The van der Waals surface area contributed by atoms with E-state index in [4.69, 9.17) is 4.74 Å². The smallest absolute Gasteiger partial charge is 0.191 e. The number of ether oxygens (including phenoxy) is 1. The Morgan fingerprint density at radius 3 is 2.47 bits per heavy atom. The fourth-order valence-corrected chi connectivity index (χ4v) is 1.75. The standard InChI is InChI=1S/C14H23N3O.HI/c1-4-12-7-5-6-8-13(12)11-17-14(15-2)16-9-10-18-3;/h5-8H,4,9-11H2,1-3H3,(H2,15,16,17);1H. The molecule has 4 nitrogen and oxygen atoms in total. The molecule has 0 aliphatic rings. The van der Waals surface area contributed by atoms with Gasteiger partial charge in [0, 0.05) is 27.2 Å². The monoisotopic (exact) mass is 377 g/mol. The maximum Gasteiger partial charge on any atom is 0.191 e. The third-order valence-electron chi connectivity index (χ3n) is 2.77. The molecular formula is C14H24IN3O. The van der Waals surface area contributed by atoms with Crippen LogP contribution in [0.1, 0.15) is 18.1 Å². The SMILES string of the molecule is CCc1ccccc1CNC(=NC)NCCOC.I. The lowest BCUT2D eigenvalue weighted by Gasteiger charge is -2.13. The molecule has 0 aliphatic heterocycles. The molecule has 5 heteroatoms. The topological polar surface area (TPSA) is 45.7 Å². The van der Waals surface area contributed by atoms with Gasteiger partial charge in [-0.15, -0.1) is 24.0 Å². The molecule has 0 unspecified atom stereocenters. The van der Waals surface area contributed by atoms with E-state index < -0.39 is 0 Å². The van der Waals surface area contributed by atoms with Crippen molar-refractivity contribution in [2.75, 3.05) is 27.3 Å². The van der Waals surface area contributed by atoms with Crippen molar-refractivity contribution < 1.29 is 4.74 Å². The van der Waals surface area contributed by atoms with Crippen molar-refractivity contribution >= 4 is 29.9 Å². The predicted molar refractivity (Wildman–Crippen MR) is 91.3 cm³/mol. The highest BCUT2D eigenvalue weighted by molar-refractivity contribution is 14.0. The summed E-state index contributed by atoms with van der Waals surface area (Å²) in [5.41, 5.74) is 2.69. The first-order valence-corrected chi connectivity index (χ1v) is 6.32. The van der Waals surface area contributed by atoms with Gasteiger partial charge in [0.1, 0.15) is 0 Å². The summed E-state index contributed by atoms with van der Waals surface area (Å²) in [5.74, 6) is 0.804. The molecule has 2 N–H and O–H groups in total. The molecular weight excluding hydrogens is 353 g/mol. The highest BCUT2D eigenvalue weighted by atomic mass is 127. The number of guanidine groups is 1. The van der Waals surface area contributed by atoms with Gasteiger partial charge < -0.3 is 15.4 Å². The van der Waals surface area contributed by atoms with Gasteiger partial charge in [-0.3, -0.25) is 4.99 Å². The molecule has 0 amide bonds. The van der Waals surface area contributed by atoms with E-state index in [9.17, 15) is 0 Å². The third-order valence-corrected chi connectivity index (χ3v) is 2.77. The van der Waals surface area contributed by atoms with Gasteiger partial charge in [-0.25, -0.2) is 0 Å². The summed E-state index contributed by atoms with van der Waals surface area (Å²) < 4.78 is 4.99. The second kappa shape index (κ2) is 11.0. The molecule has 0 bridgehead atoms. The summed E-state index contributed by atoms with van der Waals surface area (Å²) in [7, 11) is 3.46. The largest absolute Gasteiger partial charge is 0.383 e. The number of methoxy groups -OCH3 is 1. The van der Waals surface area contributed by atoms with Crippen molar-refractivity contribution in [2.24, 2.45) is 4.99 Å². The van der Waals surface area contributed by atoms with Crippen LogP contribution in [-0.4, -0.2) is 33.3 Å². The molecule has 0 aliphatic carbocycles. The number of hydrogen-bond acceptors (Lipinski definition) is 2. The van der Waals surface area contributed by atoms with Crippen LogP contribution in [0.15, 0.2) is 29.3 Å². The van der Waals surface area contributed by atoms with Crippen LogP contribution in [0.2, 0.25) is 0 Å². The van der Waals surface area contributed by atoms with Crippen molar-refractivity contribution in [2.45, 2.75) is 19.9 Å². The fraction of sp³-hybridized carbons (Fsp3) is 0.500. The van der Waals surface area contributed by atoms with Crippen molar-refractivity contribution in [3.05, 3.63) is 35.4 Å². The first-order chi connectivity index (χ1) is 8.81. The summed E-state index contributed by atoms with van der Waals surface area (Å²) in [6.45, 7) is 4.39. The van der Waals surface area contributed by atoms with E-state index >= 15 is 0 Å². The number of aliphatic imine (C=N–C) groups is 1. The fourth-order valence-electron chi connectivity index (χ4n) is 1.75. The van der Waals surface area contributed by atoms with E-state index in [1.165, 1.54) is 11.1 Å². The maximum atomic E-state index is 4.99. The minimum atomic E-state index is 0.